The Morgan fingerprint density at radius 1 is 1.41 bits per heavy atom. The number of hydrogen-bond acceptors (Lipinski definition) is 3. The van der Waals surface area contributed by atoms with Crippen molar-refractivity contribution in [2.45, 2.75) is 17.5 Å². The third kappa shape index (κ3) is 2.74. The van der Waals surface area contributed by atoms with Gasteiger partial charge in [0.1, 0.15) is 6.23 Å². The second-order valence-corrected chi connectivity index (χ2v) is 5.89. The summed E-state index contributed by atoms with van der Waals surface area (Å²) < 4.78 is 26.0. The topological polar surface area (TPSA) is 66.4 Å². The summed E-state index contributed by atoms with van der Waals surface area (Å²) in [7, 11) is -3.63. The number of allylic oxidation sites excluding steroid dienone is 1. The lowest BCUT2D eigenvalue weighted by Crippen LogP contribution is -2.36. The molecule has 0 radical (unpaired) electrons. The predicted molar refractivity (Wildman–Crippen MR) is 64.6 cm³/mol. The van der Waals surface area contributed by atoms with Crippen LogP contribution >= 0.6 is 0 Å². The summed E-state index contributed by atoms with van der Waals surface area (Å²) >= 11 is 0. The summed E-state index contributed by atoms with van der Waals surface area (Å²) in [5, 5.41) is 9.75. The van der Waals surface area contributed by atoms with Crippen LogP contribution in [0.4, 0.5) is 0 Å². The van der Waals surface area contributed by atoms with Gasteiger partial charge in [-0.2, -0.15) is 4.72 Å². The Morgan fingerprint density at radius 3 is 2.59 bits per heavy atom. The van der Waals surface area contributed by atoms with E-state index in [9.17, 15) is 13.5 Å². The van der Waals surface area contributed by atoms with E-state index in [0.29, 0.717) is 0 Å². The molecule has 4 nitrogen and oxygen atoms in total. The molecule has 1 aliphatic rings. The van der Waals surface area contributed by atoms with Gasteiger partial charge in [-0.3, -0.25) is 0 Å². The van der Waals surface area contributed by atoms with Crippen molar-refractivity contribution in [3.63, 3.8) is 0 Å². The van der Waals surface area contributed by atoms with Crippen molar-refractivity contribution < 1.29 is 13.5 Å². The molecule has 5 heteroatoms. The highest BCUT2D eigenvalue weighted by molar-refractivity contribution is 7.89. The standard InChI is InChI=1S/C12H15NO3S/c1-2-9-8-11(9)12(14)13-17(15,16)10-6-4-3-5-7-10/h2-7,9,11-14H,1,8H2. The van der Waals surface area contributed by atoms with Crippen LogP contribution < -0.4 is 4.72 Å². The Kier molecular flexibility index (Phi) is 3.33. The Bertz CT molecular complexity index is 498. The maximum Gasteiger partial charge on any atom is 0.242 e. The van der Waals surface area contributed by atoms with Crippen molar-refractivity contribution in [1.29, 1.82) is 0 Å². The highest BCUT2D eigenvalue weighted by atomic mass is 32.2. The van der Waals surface area contributed by atoms with Gasteiger partial charge in [-0.05, 0) is 24.5 Å². The third-order valence-electron chi connectivity index (χ3n) is 2.93. The van der Waals surface area contributed by atoms with E-state index in [2.05, 4.69) is 11.3 Å². The van der Waals surface area contributed by atoms with Gasteiger partial charge in [-0.15, -0.1) is 6.58 Å². The first-order valence-electron chi connectivity index (χ1n) is 5.42. The Hall–Kier alpha value is -1.17. The molecular formula is C12H15NO3S. The molecular weight excluding hydrogens is 238 g/mol. The quantitative estimate of drug-likeness (QED) is 0.610. The van der Waals surface area contributed by atoms with Crippen LogP contribution in [0.5, 0.6) is 0 Å². The first-order chi connectivity index (χ1) is 8.04. The van der Waals surface area contributed by atoms with Crippen molar-refractivity contribution in [1.82, 2.24) is 4.72 Å². The van der Waals surface area contributed by atoms with Crippen LogP contribution in [-0.4, -0.2) is 19.8 Å². The van der Waals surface area contributed by atoms with Crippen LogP contribution in [0.3, 0.4) is 0 Å². The molecule has 3 unspecified atom stereocenters. The summed E-state index contributed by atoms with van der Waals surface area (Å²) in [6, 6.07) is 8.01. The van der Waals surface area contributed by atoms with Gasteiger partial charge in [0.05, 0.1) is 4.90 Å². The largest absolute Gasteiger partial charge is 0.377 e. The van der Waals surface area contributed by atoms with Crippen molar-refractivity contribution in [2.24, 2.45) is 11.8 Å². The summed E-state index contributed by atoms with van der Waals surface area (Å²) in [5.41, 5.74) is 0. The summed E-state index contributed by atoms with van der Waals surface area (Å²) in [5.74, 6) is 0.162. The van der Waals surface area contributed by atoms with Gasteiger partial charge in [-0.1, -0.05) is 24.3 Å². The van der Waals surface area contributed by atoms with Gasteiger partial charge in [0.2, 0.25) is 10.0 Å². The average Bonchev–Trinajstić information content (AvgIpc) is 3.09. The number of aliphatic hydroxyl groups excluding tert-OH is 1. The normalized spacial score (nSPS) is 25.2. The fourth-order valence-corrected chi connectivity index (χ4v) is 2.93. The maximum absolute atomic E-state index is 11.9. The predicted octanol–water partition coefficient (Wildman–Crippen LogP) is 1.11. The molecule has 0 spiro atoms. The zero-order valence-corrected chi connectivity index (χ0v) is 10.1. The van der Waals surface area contributed by atoms with Gasteiger partial charge in [-0.25, -0.2) is 8.42 Å². The van der Waals surface area contributed by atoms with Crippen molar-refractivity contribution >= 4 is 10.0 Å². The van der Waals surface area contributed by atoms with E-state index in [1.54, 1.807) is 24.3 Å². The van der Waals surface area contributed by atoms with Gasteiger partial charge in [0.15, 0.2) is 0 Å². The number of benzene rings is 1. The molecule has 92 valence electrons. The maximum atomic E-state index is 11.9. The molecule has 1 aromatic rings. The smallest absolute Gasteiger partial charge is 0.242 e. The number of hydrogen-bond donors (Lipinski definition) is 2. The first kappa shape index (κ1) is 12.3. The minimum atomic E-state index is -3.63. The Balaban J connectivity index is 2.06. The molecule has 17 heavy (non-hydrogen) atoms. The van der Waals surface area contributed by atoms with Crippen molar-refractivity contribution in [3.8, 4) is 0 Å². The van der Waals surface area contributed by atoms with E-state index in [-0.39, 0.29) is 16.7 Å². The molecule has 1 fully saturated rings. The van der Waals surface area contributed by atoms with Gasteiger partial charge < -0.3 is 5.11 Å². The lowest BCUT2D eigenvalue weighted by atomic mass is 10.3. The molecule has 3 atom stereocenters. The molecule has 0 aliphatic heterocycles. The number of sulfonamides is 1. The lowest BCUT2D eigenvalue weighted by Gasteiger charge is -2.12. The van der Waals surface area contributed by atoms with Crippen LogP contribution in [0.25, 0.3) is 0 Å². The molecule has 0 amide bonds. The molecule has 0 bridgehead atoms. The number of nitrogens with one attached hydrogen (secondary N) is 1. The fourth-order valence-electron chi connectivity index (χ4n) is 1.78. The number of rotatable bonds is 5. The van der Waals surface area contributed by atoms with Crippen LogP contribution in [0.1, 0.15) is 6.42 Å². The summed E-state index contributed by atoms with van der Waals surface area (Å²) in [6.07, 6.45) is 1.48. The molecule has 1 aromatic carbocycles. The van der Waals surface area contributed by atoms with Gasteiger partial charge in [0, 0.05) is 5.92 Å². The van der Waals surface area contributed by atoms with E-state index < -0.39 is 16.3 Å². The van der Waals surface area contributed by atoms with E-state index in [1.165, 1.54) is 12.1 Å². The molecule has 2 N–H and O–H groups in total. The SMILES string of the molecule is C=CC1CC1C(O)NS(=O)(=O)c1ccccc1. The van der Waals surface area contributed by atoms with Crippen LogP contribution in [0.15, 0.2) is 47.9 Å². The molecule has 1 saturated carbocycles. The third-order valence-corrected chi connectivity index (χ3v) is 4.37. The van der Waals surface area contributed by atoms with Crippen molar-refractivity contribution in [2.75, 3.05) is 0 Å². The zero-order valence-electron chi connectivity index (χ0n) is 9.28. The van der Waals surface area contributed by atoms with Crippen LogP contribution in [0, 0.1) is 11.8 Å². The second kappa shape index (κ2) is 4.60. The lowest BCUT2D eigenvalue weighted by molar-refractivity contribution is 0.136. The molecule has 0 saturated heterocycles. The van der Waals surface area contributed by atoms with Crippen LogP contribution in [0.2, 0.25) is 0 Å². The minimum Gasteiger partial charge on any atom is -0.377 e. The van der Waals surface area contributed by atoms with E-state index in [4.69, 9.17) is 0 Å². The van der Waals surface area contributed by atoms with Gasteiger partial charge >= 0.3 is 0 Å². The molecule has 0 heterocycles. The fraction of sp³-hybridized carbons (Fsp3) is 0.333. The van der Waals surface area contributed by atoms with Crippen LogP contribution in [-0.2, 0) is 10.0 Å². The molecule has 2 rings (SSSR count). The molecule has 0 aromatic heterocycles. The minimum absolute atomic E-state index is 0.0500. The second-order valence-electron chi connectivity index (χ2n) is 4.18. The average molecular weight is 253 g/mol. The highest BCUT2D eigenvalue weighted by Crippen LogP contribution is 2.41. The molecule has 1 aliphatic carbocycles. The summed E-state index contributed by atoms with van der Waals surface area (Å²) in [4.78, 5) is 0.162. The Morgan fingerprint density at radius 2 is 2.06 bits per heavy atom. The number of aliphatic hydroxyl groups is 1. The van der Waals surface area contributed by atoms with Crippen molar-refractivity contribution in [3.05, 3.63) is 43.0 Å². The highest BCUT2D eigenvalue weighted by Gasteiger charge is 2.41. The van der Waals surface area contributed by atoms with E-state index >= 15 is 0 Å². The summed E-state index contributed by atoms with van der Waals surface area (Å²) in [6.45, 7) is 3.62. The van der Waals surface area contributed by atoms with E-state index in [0.717, 1.165) is 6.42 Å². The first-order valence-corrected chi connectivity index (χ1v) is 6.91. The van der Waals surface area contributed by atoms with Gasteiger partial charge in [0.25, 0.3) is 0 Å². The zero-order chi connectivity index (χ0) is 12.5. The monoisotopic (exact) mass is 253 g/mol. The Labute approximate surface area is 101 Å². The van der Waals surface area contributed by atoms with E-state index in [1.807, 2.05) is 0 Å².